The molecule has 2 aliphatic rings. The number of alkyl halides is 1. The van der Waals surface area contributed by atoms with E-state index >= 15 is 0 Å². The van der Waals surface area contributed by atoms with Crippen LogP contribution in [0.5, 0.6) is 0 Å². The number of aliphatic hydroxyl groups excluding tert-OH is 1. The first-order valence-corrected chi connectivity index (χ1v) is 6.51. The molecule has 0 bridgehead atoms. The lowest BCUT2D eigenvalue weighted by Gasteiger charge is -2.26. The molecule has 1 saturated carbocycles. The van der Waals surface area contributed by atoms with Gasteiger partial charge in [0, 0.05) is 13.1 Å². The summed E-state index contributed by atoms with van der Waals surface area (Å²) in [7, 11) is 0. The molecule has 5 heteroatoms. The number of hydrogen-bond donors (Lipinski definition) is 1. The van der Waals surface area contributed by atoms with Gasteiger partial charge < -0.3 is 14.7 Å². The van der Waals surface area contributed by atoms with Crippen LogP contribution in [-0.4, -0.2) is 47.1 Å². The third kappa shape index (κ3) is 2.76. The second kappa shape index (κ2) is 4.37. The highest BCUT2D eigenvalue weighted by molar-refractivity contribution is 5.68. The summed E-state index contributed by atoms with van der Waals surface area (Å²) in [5.41, 5.74) is -0.750. The minimum absolute atomic E-state index is 0.240. The van der Waals surface area contributed by atoms with Gasteiger partial charge in [0.2, 0.25) is 0 Å². The Bertz CT molecular complexity index is 330. The number of halogens is 1. The Morgan fingerprint density at radius 2 is 2.11 bits per heavy atom. The summed E-state index contributed by atoms with van der Waals surface area (Å²) in [6.07, 6.45) is -0.798. The number of carbonyl (C=O) groups is 1. The molecule has 1 saturated heterocycles. The number of hydrogen-bond acceptors (Lipinski definition) is 3. The smallest absolute Gasteiger partial charge is 0.410 e. The molecule has 18 heavy (non-hydrogen) atoms. The second-order valence-electron chi connectivity index (χ2n) is 6.64. The van der Waals surface area contributed by atoms with Crippen molar-refractivity contribution < 1.29 is 19.0 Å². The van der Waals surface area contributed by atoms with Gasteiger partial charge in [-0.3, -0.25) is 0 Å². The summed E-state index contributed by atoms with van der Waals surface area (Å²) < 4.78 is 18.7. The molecular weight excluding hydrogens is 237 g/mol. The van der Waals surface area contributed by atoms with Gasteiger partial charge in [0.15, 0.2) is 0 Å². The highest BCUT2D eigenvalue weighted by Crippen LogP contribution is 2.46. The number of nitrogens with zero attached hydrogens (tertiary/aromatic N) is 1. The van der Waals surface area contributed by atoms with Crippen LogP contribution in [0.2, 0.25) is 0 Å². The first kappa shape index (κ1) is 13.6. The van der Waals surface area contributed by atoms with E-state index in [-0.39, 0.29) is 11.5 Å². The average Bonchev–Trinajstić information content (AvgIpc) is 2.70. The van der Waals surface area contributed by atoms with Crippen LogP contribution in [0.1, 0.15) is 40.0 Å². The van der Waals surface area contributed by atoms with E-state index in [0.29, 0.717) is 25.9 Å². The molecule has 1 unspecified atom stereocenters. The predicted octanol–water partition coefficient (Wildman–Crippen LogP) is 2.11. The van der Waals surface area contributed by atoms with Crippen molar-refractivity contribution in [2.24, 2.45) is 5.41 Å². The minimum Gasteiger partial charge on any atom is -0.444 e. The lowest BCUT2D eigenvalue weighted by molar-refractivity contribution is 0.0270. The van der Waals surface area contributed by atoms with Crippen molar-refractivity contribution in [1.82, 2.24) is 4.90 Å². The number of rotatable bonds is 0. The average molecular weight is 259 g/mol. The Hall–Kier alpha value is -0.840. The van der Waals surface area contributed by atoms with Crippen LogP contribution in [0.25, 0.3) is 0 Å². The summed E-state index contributed by atoms with van der Waals surface area (Å²) in [5.74, 6) is 0. The number of carbonyl (C=O) groups excluding carboxylic acids is 1. The molecule has 1 heterocycles. The van der Waals surface area contributed by atoms with Crippen LogP contribution in [0.4, 0.5) is 9.18 Å². The molecule has 104 valence electrons. The fourth-order valence-electron chi connectivity index (χ4n) is 2.96. The molecule has 3 atom stereocenters. The molecule has 1 aliphatic heterocycles. The number of amides is 1. The molecule has 0 radical (unpaired) electrons. The molecule has 2 rings (SSSR count). The van der Waals surface area contributed by atoms with Gasteiger partial charge >= 0.3 is 6.09 Å². The van der Waals surface area contributed by atoms with E-state index < -0.39 is 17.9 Å². The first-order chi connectivity index (χ1) is 8.21. The summed E-state index contributed by atoms with van der Waals surface area (Å²) in [4.78, 5) is 13.5. The number of ether oxygens (including phenoxy) is 1. The fourth-order valence-corrected chi connectivity index (χ4v) is 2.96. The van der Waals surface area contributed by atoms with Gasteiger partial charge in [0.1, 0.15) is 11.8 Å². The van der Waals surface area contributed by atoms with Crippen LogP contribution in [-0.2, 0) is 4.74 Å². The largest absolute Gasteiger partial charge is 0.444 e. The molecule has 1 spiro atoms. The zero-order valence-electron chi connectivity index (χ0n) is 11.3. The summed E-state index contributed by atoms with van der Waals surface area (Å²) in [6, 6.07) is 0. The van der Waals surface area contributed by atoms with Crippen LogP contribution < -0.4 is 0 Å². The van der Waals surface area contributed by atoms with Crippen molar-refractivity contribution in [1.29, 1.82) is 0 Å². The van der Waals surface area contributed by atoms with Crippen LogP contribution in [0.15, 0.2) is 0 Å². The van der Waals surface area contributed by atoms with Crippen molar-refractivity contribution in [3.05, 3.63) is 0 Å². The zero-order chi connectivity index (χ0) is 13.6. The molecule has 0 aromatic heterocycles. The van der Waals surface area contributed by atoms with E-state index in [1.165, 1.54) is 0 Å². The molecule has 4 nitrogen and oxygen atoms in total. The normalized spacial score (nSPS) is 36.4. The Balaban J connectivity index is 1.95. The first-order valence-electron chi connectivity index (χ1n) is 6.51. The highest BCUT2D eigenvalue weighted by Gasteiger charge is 2.50. The van der Waals surface area contributed by atoms with Crippen molar-refractivity contribution in [2.75, 3.05) is 13.1 Å². The predicted molar refractivity (Wildman–Crippen MR) is 65.0 cm³/mol. The van der Waals surface area contributed by atoms with Crippen LogP contribution in [0, 0.1) is 5.41 Å². The maximum Gasteiger partial charge on any atom is 0.410 e. The molecule has 1 N–H and O–H groups in total. The van der Waals surface area contributed by atoms with Gasteiger partial charge in [0.05, 0.1) is 6.10 Å². The third-order valence-electron chi connectivity index (χ3n) is 3.78. The maximum absolute atomic E-state index is 13.4. The third-order valence-corrected chi connectivity index (χ3v) is 3.78. The molecule has 1 amide bonds. The lowest BCUT2D eigenvalue weighted by Crippen LogP contribution is -2.36. The Morgan fingerprint density at radius 3 is 2.61 bits per heavy atom. The maximum atomic E-state index is 13.4. The second-order valence-corrected chi connectivity index (χ2v) is 6.64. The van der Waals surface area contributed by atoms with Gasteiger partial charge in [-0.2, -0.15) is 0 Å². The highest BCUT2D eigenvalue weighted by atomic mass is 19.1. The van der Waals surface area contributed by atoms with E-state index in [9.17, 15) is 14.3 Å². The molecule has 0 aromatic carbocycles. The molecule has 1 aliphatic carbocycles. The molecule has 2 fully saturated rings. The fraction of sp³-hybridized carbons (Fsp3) is 0.923. The van der Waals surface area contributed by atoms with Crippen molar-refractivity contribution in [3.8, 4) is 0 Å². The summed E-state index contributed by atoms with van der Waals surface area (Å²) in [6.45, 7) is 6.57. The van der Waals surface area contributed by atoms with Gasteiger partial charge in [-0.1, -0.05) is 0 Å². The molecule has 0 aromatic rings. The summed E-state index contributed by atoms with van der Waals surface area (Å²) >= 11 is 0. The van der Waals surface area contributed by atoms with E-state index in [1.54, 1.807) is 4.90 Å². The number of aliphatic hydroxyl groups is 1. The standard InChI is InChI=1S/C13H22FNO3/c1-12(2,3)18-11(17)15-5-4-13(8-15)6-9(14)10(16)7-13/h9-10,16H,4-8H2,1-3H3/t9-,10-,13?/m0/s1. The topological polar surface area (TPSA) is 49.8 Å². The monoisotopic (exact) mass is 259 g/mol. The zero-order valence-corrected chi connectivity index (χ0v) is 11.3. The van der Waals surface area contributed by atoms with E-state index in [0.717, 1.165) is 6.42 Å². The van der Waals surface area contributed by atoms with Crippen molar-refractivity contribution >= 4 is 6.09 Å². The van der Waals surface area contributed by atoms with Crippen molar-refractivity contribution in [3.63, 3.8) is 0 Å². The Kier molecular flexibility index (Phi) is 3.30. The minimum atomic E-state index is -1.15. The summed E-state index contributed by atoms with van der Waals surface area (Å²) in [5, 5.41) is 9.52. The Morgan fingerprint density at radius 1 is 1.44 bits per heavy atom. The van der Waals surface area contributed by atoms with Gasteiger partial charge in [-0.25, -0.2) is 9.18 Å². The number of likely N-dealkylation sites (tertiary alicyclic amines) is 1. The van der Waals surface area contributed by atoms with Gasteiger partial charge in [-0.15, -0.1) is 0 Å². The van der Waals surface area contributed by atoms with Gasteiger partial charge in [-0.05, 0) is 45.4 Å². The quantitative estimate of drug-likeness (QED) is 0.725. The van der Waals surface area contributed by atoms with E-state index in [1.807, 2.05) is 20.8 Å². The van der Waals surface area contributed by atoms with Crippen LogP contribution >= 0.6 is 0 Å². The SMILES string of the molecule is CC(C)(C)OC(=O)N1CCC2(C[C@H](O)[C@@H](F)C2)C1. The molecular formula is C13H22FNO3. The van der Waals surface area contributed by atoms with Gasteiger partial charge in [0.25, 0.3) is 0 Å². The Labute approximate surface area is 107 Å². The lowest BCUT2D eigenvalue weighted by atomic mass is 9.85. The van der Waals surface area contributed by atoms with E-state index in [2.05, 4.69) is 0 Å². The van der Waals surface area contributed by atoms with Crippen LogP contribution in [0.3, 0.4) is 0 Å². The van der Waals surface area contributed by atoms with Crippen molar-refractivity contribution in [2.45, 2.75) is 57.9 Å². The van der Waals surface area contributed by atoms with E-state index in [4.69, 9.17) is 4.74 Å².